The maximum absolute atomic E-state index is 13.3. The summed E-state index contributed by atoms with van der Waals surface area (Å²) in [5, 5.41) is 14.8. The number of amides is 1. The summed E-state index contributed by atoms with van der Waals surface area (Å²) in [7, 11) is 0. The summed E-state index contributed by atoms with van der Waals surface area (Å²) in [6.45, 7) is 19.5. The lowest BCUT2D eigenvalue weighted by Crippen LogP contribution is -2.66. The molecule has 4 saturated carbocycles. The number of hydrogen-bond acceptors (Lipinski definition) is 4. The molecule has 1 amide bonds. The standard InChI is InChI=1S/C35H51NO3S/c1-20(2)28-23(38)18-32(5)15-16-34(7)22(29(28)32)9-10-26-33(6)13-12-27(36-30(39)24-17-21(37)19-40-24)31(3,4)25(33)11-14-35(26,34)8/h17,19-20,22,25-27,37H,9-16,18H2,1-8H3,(H,36,39)/t22-,25+,26-,27?,32+,33+,34-,35-/m1/s1. The van der Waals surface area contributed by atoms with Crippen LogP contribution in [0.2, 0.25) is 0 Å². The first-order valence-electron chi connectivity index (χ1n) is 15.9. The summed E-state index contributed by atoms with van der Waals surface area (Å²) in [6, 6.07) is 1.72. The second-order valence-corrected chi connectivity index (χ2v) is 17.2. The molecule has 5 aliphatic carbocycles. The normalized spacial score (nSPS) is 44.1. The van der Waals surface area contributed by atoms with Gasteiger partial charge in [0, 0.05) is 23.9 Å². The first kappa shape index (κ1) is 28.5. The van der Waals surface area contributed by atoms with Crippen molar-refractivity contribution in [2.24, 2.45) is 50.7 Å². The summed E-state index contributed by atoms with van der Waals surface area (Å²) in [6.07, 6.45) is 10.2. The van der Waals surface area contributed by atoms with Gasteiger partial charge in [0.15, 0.2) is 5.78 Å². The molecule has 2 N–H and O–H groups in total. The third-order valence-corrected chi connectivity index (χ3v) is 14.8. The van der Waals surface area contributed by atoms with Gasteiger partial charge in [-0.3, -0.25) is 9.59 Å². The molecule has 0 aromatic carbocycles. The maximum Gasteiger partial charge on any atom is 0.261 e. The van der Waals surface area contributed by atoms with E-state index in [1.807, 2.05) is 0 Å². The van der Waals surface area contributed by atoms with E-state index in [2.05, 4.69) is 60.7 Å². The maximum atomic E-state index is 13.3. The fourth-order valence-electron chi connectivity index (χ4n) is 11.8. The first-order chi connectivity index (χ1) is 18.6. The molecule has 5 aliphatic rings. The summed E-state index contributed by atoms with van der Waals surface area (Å²) in [5.74, 6) is 2.61. The minimum atomic E-state index is -0.0498. The molecule has 6 rings (SSSR count). The van der Waals surface area contributed by atoms with Gasteiger partial charge < -0.3 is 10.4 Å². The Morgan fingerprint density at radius 3 is 2.33 bits per heavy atom. The molecule has 4 fully saturated rings. The highest BCUT2D eigenvalue weighted by molar-refractivity contribution is 7.12. The van der Waals surface area contributed by atoms with Crippen molar-refractivity contribution in [2.75, 3.05) is 0 Å². The van der Waals surface area contributed by atoms with E-state index in [0.29, 0.717) is 34.3 Å². The highest BCUT2D eigenvalue weighted by Crippen LogP contribution is 2.76. The highest BCUT2D eigenvalue weighted by Gasteiger charge is 2.69. The second kappa shape index (κ2) is 8.94. The van der Waals surface area contributed by atoms with Crippen LogP contribution in [0.15, 0.2) is 22.6 Å². The smallest absolute Gasteiger partial charge is 0.261 e. The third kappa shape index (κ3) is 3.67. The number of thiophene rings is 1. The molecule has 1 unspecified atom stereocenters. The number of aromatic hydroxyl groups is 1. The van der Waals surface area contributed by atoms with E-state index in [4.69, 9.17) is 0 Å². The Balaban J connectivity index is 1.31. The summed E-state index contributed by atoms with van der Waals surface area (Å²) in [4.78, 5) is 27.0. The molecule has 1 aromatic heterocycles. The topological polar surface area (TPSA) is 66.4 Å². The van der Waals surface area contributed by atoms with Gasteiger partial charge in [0.2, 0.25) is 0 Å². The van der Waals surface area contributed by atoms with E-state index >= 15 is 0 Å². The summed E-state index contributed by atoms with van der Waals surface area (Å²) >= 11 is 1.31. The van der Waals surface area contributed by atoms with Crippen LogP contribution in [-0.2, 0) is 4.79 Å². The highest BCUT2D eigenvalue weighted by atomic mass is 32.1. The SMILES string of the molecule is CC(C)C1=C2[C@H]3CC[C@@H]4[C@@]5(C)CCC(NC(=O)c6cc(O)cs6)C(C)(C)[C@@H]5CC[C@@]4(C)[C@]3(C)CC[C@@]2(C)CC1=O. The average Bonchev–Trinajstić information content (AvgIpc) is 3.41. The number of hydrogen-bond donors (Lipinski definition) is 2. The zero-order valence-corrected chi connectivity index (χ0v) is 26.9. The van der Waals surface area contributed by atoms with Crippen LogP contribution in [0.1, 0.15) is 123 Å². The Hall–Kier alpha value is -1.62. The van der Waals surface area contributed by atoms with E-state index in [1.54, 1.807) is 17.0 Å². The zero-order valence-electron chi connectivity index (χ0n) is 26.1. The molecular formula is C35H51NO3S. The number of allylic oxidation sites excluding steroid dienone is 2. The lowest BCUT2D eigenvalue weighted by Gasteiger charge is -2.72. The minimum Gasteiger partial charge on any atom is -0.507 e. The van der Waals surface area contributed by atoms with Gasteiger partial charge in [0.25, 0.3) is 5.91 Å². The van der Waals surface area contributed by atoms with Crippen molar-refractivity contribution in [2.45, 2.75) is 119 Å². The summed E-state index contributed by atoms with van der Waals surface area (Å²) in [5.41, 5.74) is 3.55. The quantitative estimate of drug-likeness (QED) is 0.386. The first-order valence-corrected chi connectivity index (χ1v) is 16.8. The Morgan fingerprint density at radius 2 is 1.68 bits per heavy atom. The number of carbonyl (C=O) groups is 2. The van der Waals surface area contributed by atoms with Crippen LogP contribution in [0.25, 0.3) is 0 Å². The molecule has 0 spiro atoms. The molecule has 40 heavy (non-hydrogen) atoms. The van der Waals surface area contributed by atoms with Crippen molar-refractivity contribution in [1.82, 2.24) is 5.32 Å². The number of ketones is 1. The zero-order chi connectivity index (χ0) is 29.0. The largest absolute Gasteiger partial charge is 0.507 e. The second-order valence-electron chi connectivity index (χ2n) is 16.3. The van der Waals surface area contributed by atoms with Gasteiger partial charge in [-0.2, -0.15) is 0 Å². The van der Waals surface area contributed by atoms with Crippen LogP contribution in [0.3, 0.4) is 0 Å². The Morgan fingerprint density at radius 1 is 0.950 bits per heavy atom. The van der Waals surface area contributed by atoms with E-state index in [-0.39, 0.29) is 44.8 Å². The molecule has 0 aliphatic heterocycles. The van der Waals surface area contributed by atoms with E-state index < -0.39 is 0 Å². The van der Waals surface area contributed by atoms with Gasteiger partial charge in [0.1, 0.15) is 5.75 Å². The predicted molar refractivity (Wildman–Crippen MR) is 162 cm³/mol. The lowest BCUT2D eigenvalue weighted by molar-refractivity contribution is -0.215. The number of carbonyl (C=O) groups excluding carboxylic acids is 2. The van der Waals surface area contributed by atoms with Gasteiger partial charge in [0.05, 0.1) is 4.88 Å². The van der Waals surface area contributed by atoms with Gasteiger partial charge in [-0.1, -0.05) is 61.0 Å². The molecule has 1 heterocycles. The molecule has 4 nitrogen and oxygen atoms in total. The molecule has 1 aromatic rings. The van der Waals surface area contributed by atoms with Crippen LogP contribution >= 0.6 is 11.3 Å². The van der Waals surface area contributed by atoms with Crippen molar-refractivity contribution < 1.29 is 14.7 Å². The Kier molecular flexibility index (Phi) is 6.37. The van der Waals surface area contributed by atoms with Crippen LogP contribution in [-0.4, -0.2) is 22.8 Å². The van der Waals surface area contributed by atoms with Gasteiger partial charge in [-0.15, -0.1) is 11.3 Å². The van der Waals surface area contributed by atoms with E-state index in [1.165, 1.54) is 49.0 Å². The van der Waals surface area contributed by atoms with Crippen LogP contribution in [0, 0.1) is 50.7 Å². The van der Waals surface area contributed by atoms with Crippen molar-refractivity contribution in [3.63, 3.8) is 0 Å². The lowest BCUT2D eigenvalue weighted by atomic mass is 9.33. The van der Waals surface area contributed by atoms with Gasteiger partial charge >= 0.3 is 0 Å². The van der Waals surface area contributed by atoms with Crippen molar-refractivity contribution >= 4 is 23.0 Å². The number of fused-ring (bicyclic) bond motifs is 7. The number of rotatable bonds is 3. The molecular weight excluding hydrogens is 514 g/mol. The van der Waals surface area contributed by atoms with Gasteiger partial charge in [-0.05, 0) is 108 Å². The molecule has 0 bridgehead atoms. The Labute approximate surface area is 245 Å². The molecule has 220 valence electrons. The Bertz CT molecular complexity index is 1270. The fourth-order valence-corrected chi connectivity index (χ4v) is 12.5. The van der Waals surface area contributed by atoms with Crippen LogP contribution in [0.5, 0.6) is 5.75 Å². The monoisotopic (exact) mass is 565 g/mol. The molecule has 0 saturated heterocycles. The van der Waals surface area contributed by atoms with Crippen LogP contribution in [0.4, 0.5) is 0 Å². The van der Waals surface area contributed by atoms with Crippen molar-refractivity contribution in [1.29, 1.82) is 0 Å². The average molecular weight is 566 g/mol. The van der Waals surface area contributed by atoms with E-state index in [9.17, 15) is 14.7 Å². The molecule has 0 radical (unpaired) electrons. The van der Waals surface area contributed by atoms with Crippen LogP contribution < -0.4 is 5.32 Å². The fraction of sp³-hybridized carbons (Fsp3) is 0.771. The number of nitrogens with one attached hydrogen (secondary N) is 1. The van der Waals surface area contributed by atoms with E-state index in [0.717, 1.165) is 25.7 Å². The predicted octanol–water partition coefficient (Wildman–Crippen LogP) is 8.55. The molecule has 8 atom stereocenters. The minimum absolute atomic E-state index is 0.00258. The third-order valence-electron chi connectivity index (χ3n) is 13.9. The molecule has 5 heteroatoms. The van der Waals surface area contributed by atoms with Gasteiger partial charge in [-0.25, -0.2) is 0 Å². The van der Waals surface area contributed by atoms with Crippen molar-refractivity contribution in [3.05, 3.63) is 27.5 Å². The number of Topliss-reactive ketones (excluding diaryl/α,β-unsaturated/α-hetero) is 1. The van der Waals surface area contributed by atoms with Crippen molar-refractivity contribution in [3.8, 4) is 5.75 Å². The summed E-state index contributed by atoms with van der Waals surface area (Å²) < 4.78 is 0.